The van der Waals surface area contributed by atoms with Crippen molar-refractivity contribution in [2.24, 2.45) is 4.99 Å². The van der Waals surface area contributed by atoms with Crippen molar-refractivity contribution in [3.8, 4) is 0 Å². The van der Waals surface area contributed by atoms with E-state index < -0.39 is 0 Å². The second-order valence-electron chi connectivity index (χ2n) is 5.33. The van der Waals surface area contributed by atoms with Gasteiger partial charge in [0.05, 0.1) is 17.2 Å². The van der Waals surface area contributed by atoms with Crippen molar-refractivity contribution >= 4 is 52.9 Å². The zero-order valence-corrected chi connectivity index (χ0v) is 18.2. The number of hydrogen-bond donors (Lipinski definition) is 1. The maximum atomic E-state index is 5.91. The highest BCUT2D eigenvalue weighted by atomic mass is 127. The summed E-state index contributed by atoms with van der Waals surface area (Å²) in [6, 6.07) is 7.93. The molecule has 2 rings (SSSR count). The second-order valence-corrected chi connectivity index (χ2v) is 6.82. The summed E-state index contributed by atoms with van der Waals surface area (Å²) in [7, 11) is 2.04. The monoisotopic (exact) mass is 478 g/mol. The molecule has 1 aromatic heterocycles. The summed E-state index contributed by atoms with van der Waals surface area (Å²) in [6.07, 6.45) is 0.899. The molecule has 0 spiro atoms. The van der Waals surface area contributed by atoms with Crippen LogP contribution in [0, 0.1) is 6.92 Å². The number of nitrogens with one attached hydrogen (secondary N) is 1. The molecule has 7 heteroatoms. The summed E-state index contributed by atoms with van der Waals surface area (Å²) in [5.74, 6) is 0.909. The Morgan fingerprint density at radius 1 is 1.33 bits per heavy atom. The van der Waals surface area contributed by atoms with Crippen LogP contribution in [0.25, 0.3) is 0 Å². The van der Waals surface area contributed by atoms with Crippen LogP contribution in [-0.4, -0.2) is 36.0 Å². The highest BCUT2D eigenvalue weighted by molar-refractivity contribution is 14.0. The molecule has 0 unspecified atom stereocenters. The van der Waals surface area contributed by atoms with Gasteiger partial charge in [0.2, 0.25) is 0 Å². The van der Waals surface area contributed by atoms with E-state index in [0.29, 0.717) is 0 Å². The zero-order chi connectivity index (χ0) is 16.7. The molecule has 0 aliphatic heterocycles. The van der Waals surface area contributed by atoms with E-state index in [9.17, 15) is 0 Å². The van der Waals surface area contributed by atoms with Gasteiger partial charge in [0.15, 0.2) is 5.96 Å². The molecule has 4 nitrogen and oxygen atoms in total. The Balaban J connectivity index is 0.00000288. The van der Waals surface area contributed by atoms with Crippen LogP contribution < -0.4 is 5.32 Å². The quantitative estimate of drug-likeness (QED) is 0.381. The highest BCUT2D eigenvalue weighted by Gasteiger charge is 2.08. The number of guanidine groups is 1. The third-order valence-electron chi connectivity index (χ3n) is 3.34. The van der Waals surface area contributed by atoms with Gasteiger partial charge in [-0.15, -0.1) is 35.3 Å². The van der Waals surface area contributed by atoms with E-state index in [1.165, 1.54) is 5.56 Å². The topological polar surface area (TPSA) is 40.5 Å². The number of halogens is 2. The SMILES string of the molecule is CCNC(=NCCc1ccc(Cl)cc1)N(C)Cc1csc(C)n1.I. The molecule has 1 N–H and O–H groups in total. The Morgan fingerprint density at radius 3 is 2.62 bits per heavy atom. The first-order chi connectivity index (χ1) is 11.1. The normalized spacial score (nSPS) is 11.1. The molecule has 0 radical (unpaired) electrons. The van der Waals surface area contributed by atoms with E-state index in [4.69, 9.17) is 16.6 Å². The van der Waals surface area contributed by atoms with E-state index in [1.807, 2.05) is 38.2 Å². The fourth-order valence-corrected chi connectivity index (χ4v) is 2.94. The predicted molar refractivity (Wildman–Crippen MR) is 115 cm³/mol. The van der Waals surface area contributed by atoms with Crippen LogP contribution in [0.1, 0.15) is 23.2 Å². The smallest absolute Gasteiger partial charge is 0.194 e. The molecular formula is C17H24ClIN4S. The lowest BCUT2D eigenvalue weighted by molar-refractivity contribution is 0.471. The van der Waals surface area contributed by atoms with Crippen LogP contribution in [0.3, 0.4) is 0 Å². The van der Waals surface area contributed by atoms with Crippen LogP contribution in [0.5, 0.6) is 0 Å². The molecule has 0 saturated carbocycles. The number of thiazole rings is 1. The minimum atomic E-state index is 0. The van der Waals surface area contributed by atoms with Crippen molar-refractivity contribution < 1.29 is 0 Å². The van der Waals surface area contributed by atoms with Crippen LogP contribution in [0.15, 0.2) is 34.6 Å². The molecule has 0 amide bonds. The number of aliphatic imine (C=N–C) groups is 1. The van der Waals surface area contributed by atoms with Crippen molar-refractivity contribution in [1.29, 1.82) is 0 Å². The van der Waals surface area contributed by atoms with Crippen molar-refractivity contribution in [3.63, 3.8) is 0 Å². The lowest BCUT2D eigenvalue weighted by atomic mass is 10.1. The number of aryl methyl sites for hydroxylation is 1. The van der Waals surface area contributed by atoms with Gasteiger partial charge in [-0.25, -0.2) is 4.98 Å². The molecule has 24 heavy (non-hydrogen) atoms. The lowest BCUT2D eigenvalue weighted by Gasteiger charge is -2.21. The first kappa shape index (κ1) is 21.2. The molecule has 1 heterocycles. The molecule has 132 valence electrons. The minimum absolute atomic E-state index is 0. The Morgan fingerprint density at radius 2 is 2.04 bits per heavy atom. The number of nitrogens with zero attached hydrogens (tertiary/aromatic N) is 3. The van der Waals surface area contributed by atoms with Gasteiger partial charge in [0.25, 0.3) is 0 Å². The molecule has 2 aromatic rings. The van der Waals surface area contributed by atoms with Crippen molar-refractivity contribution in [2.45, 2.75) is 26.8 Å². The molecule has 0 saturated heterocycles. The van der Waals surface area contributed by atoms with Crippen molar-refractivity contribution in [2.75, 3.05) is 20.1 Å². The largest absolute Gasteiger partial charge is 0.357 e. The van der Waals surface area contributed by atoms with Crippen LogP contribution in [-0.2, 0) is 13.0 Å². The summed E-state index contributed by atoms with van der Waals surface area (Å²) >= 11 is 7.59. The van der Waals surface area contributed by atoms with Gasteiger partial charge < -0.3 is 10.2 Å². The van der Waals surface area contributed by atoms with Crippen molar-refractivity contribution in [1.82, 2.24) is 15.2 Å². The summed E-state index contributed by atoms with van der Waals surface area (Å²) in [5, 5.41) is 7.30. The van der Waals surface area contributed by atoms with Gasteiger partial charge in [-0.1, -0.05) is 23.7 Å². The maximum absolute atomic E-state index is 5.91. The average Bonchev–Trinajstić information content (AvgIpc) is 2.93. The molecule has 0 bridgehead atoms. The van der Waals surface area contributed by atoms with E-state index >= 15 is 0 Å². The van der Waals surface area contributed by atoms with Gasteiger partial charge in [-0.2, -0.15) is 0 Å². The minimum Gasteiger partial charge on any atom is -0.357 e. The number of hydrogen-bond acceptors (Lipinski definition) is 3. The van der Waals surface area contributed by atoms with Gasteiger partial charge in [0, 0.05) is 30.5 Å². The second kappa shape index (κ2) is 10.9. The van der Waals surface area contributed by atoms with Gasteiger partial charge in [-0.05, 0) is 38.0 Å². The Labute approximate surface area is 170 Å². The van der Waals surface area contributed by atoms with Crippen LogP contribution in [0.4, 0.5) is 0 Å². The molecular weight excluding hydrogens is 455 g/mol. The summed E-state index contributed by atoms with van der Waals surface area (Å²) in [5.41, 5.74) is 2.32. The molecule has 1 aromatic carbocycles. The number of rotatable bonds is 6. The van der Waals surface area contributed by atoms with E-state index in [0.717, 1.165) is 47.7 Å². The third kappa shape index (κ3) is 6.94. The van der Waals surface area contributed by atoms with Gasteiger partial charge >= 0.3 is 0 Å². The Bertz CT molecular complexity index is 642. The molecule has 0 aliphatic rings. The first-order valence-corrected chi connectivity index (χ1v) is 8.99. The lowest BCUT2D eigenvalue weighted by Crippen LogP contribution is -2.38. The predicted octanol–water partition coefficient (Wildman–Crippen LogP) is 4.36. The maximum Gasteiger partial charge on any atom is 0.194 e. The first-order valence-electron chi connectivity index (χ1n) is 7.73. The summed E-state index contributed by atoms with van der Waals surface area (Å²) < 4.78 is 0. The Hall–Kier alpha value is -0.860. The molecule has 0 atom stereocenters. The van der Waals surface area contributed by atoms with Crippen LogP contribution >= 0.6 is 46.9 Å². The van der Waals surface area contributed by atoms with E-state index in [2.05, 4.69) is 27.5 Å². The van der Waals surface area contributed by atoms with E-state index in [-0.39, 0.29) is 24.0 Å². The number of aromatic nitrogens is 1. The average molecular weight is 479 g/mol. The van der Waals surface area contributed by atoms with Crippen molar-refractivity contribution in [3.05, 3.63) is 50.9 Å². The summed E-state index contributed by atoms with van der Waals surface area (Å²) in [4.78, 5) is 11.3. The highest BCUT2D eigenvalue weighted by Crippen LogP contribution is 2.11. The van der Waals surface area contributed by atoms with Gasteiger partial charge in [-0.3, -0.25) is 4.99 Å². The fraction of sp³-hybridized carbons (Fsp3) is 0.412. The molecule has 0 fully saturated rings. The summed E-state index contributed by atoms with van der Waals surface area (Å²) in [6.45, 7) is 6.46. The standard InChI is InChI=1S/C17H23ClN4S.HI/c1-4-19-17(22(3)11-16-12-23-13(2)21-16)20-10-9-14-5-7-15(18)8-6-14;/h5-8,12H,4,9-11H2,1-3H3,(H,19,20);1H. The number of benzene rings is 1. The Kier molecular flexibility index (Phi) is 9.61. The van der Waals surface area contributed by atoms with Crippen LogP contribution in [0.2, 0.25) is 5.02 Å². The van der Waals surface area contributed by atoms with Gasteiger partial charge in [0.1, 0.15) is 0 Å². The zero-order valence-electron chi connectivity index (χ0n) is 14.3. The third-order valence-corrected chi connectivity index (χ3v) is 4.41. The van der Waals surface area contributed by atoms with E-state index in [1.54, 1.807) is 11.3 Å². The fourth-order valence-electron chi connectivity index (χ4n) is 2.21. The molecule has 0 aliphatic carbocycles.